The predicted molar refractivity (Wildman–Crippen MR) is 60.2 cm³/mol. The topological polar surface area (TPSA) is 44.4 Å². The first-order valence-electron chi connectivity index (χ1n) is 4.94. The van der Waals surface area contributed by atoms with E-state index in [1.54, 1.807) is 0 Å². The summed E-state index contributed by atoms with van der Waals surface area (Å²) in [5, 5.41) is 5.13. The Labute approximate surface area is 100 Å². The van der Waals surface area contributed by atoms with Crippen molar-refractivity contribution >= 4 is 18.3 Å². The van der Waals surface area contributed by atoms with Gasteiger partial charge in [-0.2, -0.15) is 0 Å². The fourth-order valence-electron chi connectivity index (χ4n) is 1.43. The minimum Gasteiger partial charge on any atom is -0.353 e. The van der Waals surface area contributed by atoms with Crippen molar-refractivity contribution in [1.29, 1.82) is 0 Å². The summed E-state index contributed by atoms with van der Waals surface area (Å²) in [6.45, 7) is 0.781. The highest BCUT2D eigenvalue weighted by molar-refractivity contribution is 5.85. The second-order valence-electron chi connectivity index (χ2n) is 4.09. The zero-order valence-electron chi connectivity index (χ0n) is 9.43. The zero-order chi connectivity index (χ0) is 11.5. The van der Waals surface area contributed by atoms with Crippen molar-refractivity contribution in [3.05, 3.63) is 0 Å². The van der Waals surface area contributed by atoms with Gasteiger partial charge in [-0.05, 0) is 14.1 Å². The molecule has 1 unspecified atom stereocenters. The van der Waals surface area contributed by atoms with Gasteiger partial charge in [-0.25, -0.2) is 8.78 Å². The third-order valence-corrected chi connectivity index (χ3v) is 2.28. The van der Waals surface area contributed by atoms with Crippen molar-refractivity contribution in [3.8, 4) is 0 Å². The average molecular weight is 258 g/mol. The van der Waals surface area contributed by atoms with Gasteiger partial charge in [0.1, 0.15) is 0 Å². The highest BCUT2D eigenvalue weighted by Crippen LogP contribution is 2.24. The van der Waals surface area contributed by atoms with Crippen molar-refractivity contribution in [2.75, 3.05) is 33.7 Å². The molecule has 2 N–H and O–H groups in total. The van der Waals surface area contributed by atoms with E-state index in [9.17, 15) is 13.6 Å². The Morgan fingerprint density at radius 3 is 2.62 bits per heavy atom. The van der Waals surface area contributed by atoms with Gasteiger partial charge in [-0.1, -0.05) is 0 Å². The maximum atomic E-state index is 12.8. The second-order valence-corrected chi connectivity index (χ2v) is 4.09. The molecule has 7 heteroatoms. The summed E-state index contributed by atoms with van der Waals surface area (Å²) in [4.78, 5) is 13.3. The molecule has 1 amide bonds. The number of hydrogen-bond donors (Lipinski definition) is 2. The number of rotatable bonds is 4. The molecule has 1 heterocycles. The van der Waals surface area contributed by atoms with Crippen LogP contribution in [0.15, 0.2) is 0 Å². The first kappa shape index (κ1) is 15.5. The van der Waals surface area contributed by atoms with E-state index in [1.165, 1.54) is 0 Å². The summed E-state index contributed by atoms with van der Waals surface area (Å²) in [6.07, 6.45) is -0.402. The van der Waals surface area contributed by atoms with E-state index >= 15 is 0 Å². The van der Waals surface area contributed by atoms with Crippen LogP contribution in [0.25, 0.3) is 0 Å². The van der Waals surface area contributed by atoms with E-state index in [-0.39, 0.29) is 18.3 Å². The van der Waals surface area contributed by atoms with Crippen LogP contribution in [-0.4, -0.2) is 56.5 Å². The second kappa shape index (κ2) is 6.32. The van der Waals surface area contributed by atoms with E-state index in [0.717, 1.165) is 0 Å². The van der Waals surface area contributed by atoms with Gasteiger partial charge in [0.05, 0.1) is 12.6 Å². The number of nitrogens with one attached hydrogen (secondary N) is 2. The van der Waals surface area contributed by atoms with E-state index < -0.39 is 24.9 Å². The number of hydrogen-bond acceptors (Lipinski definition) is 3. The molecule has 0 saturated carbocycles. The molecule has 1 aliphatic rings. The van der Waals surface area contributed by atoms with Crippen LogP contribution in [0, 0.1) is 0 Å². The molecule has 0 spiro atoms. The molecule has 1 rings (SSSR count). The standard InChI is InChI=1S/C9H17F2N3O.ClH/c1-14(2)4-3-12-8(15)7-5-9(10,11)6-13-7;/h7,13H,3-6H2,1-2H3,(H,12,15);1H. The van der Waals surface area contributed by atoms with E-state index in [0.29, 0.717) is 13.1 Å². The Hall–Kier alpha value is -0.460. The highest BCUT2D eigenvalue weighted by atomic mass is 35.5. The molecule has 4 nitrogen and oxygen atoms in total. The quantitative estimate of drug-likeness (QED) is 0.750. The number of likely N-dealkylation sites (N-methyl/N-ethyl adjacent to an activating group) is 1. The molecular weight excluding hydrogens is 240 g/mol. The molecule has 0 aliphatic carbocycles. The number of nitrogens with zero attached hydrogens (tertiary/aromatic N) is 1. The Kier molecular flexibility index (Phi) is 6.14. The lowest BCUT2D eigenvalue weighted by Gasteiger charge is -2.13. The minimum absolute atomic E-state index is 0. The summed E-state index contributed by atoms with van der Waals surface area (Å²) >= 11 is 0. The number of halogens is 3. The van der Waals surface area contributed by atoms with Crippen molar-refractivity contribution in [1.82, 2.24) is 15.5 Å². The van der Waals surface area contributed by atoms with Gasteiger partial charge >= 0.3 is 0 Å². The van der Waals surface area contributed by atoms with Gasteiger partial charge < -0.3 is 10.2 Å². The van der Waals surface area contributed by atoms with Crippen LogP contribution < -0.4 is 10.6 Å². The minimum atomic E-state index is -2.75. The van der Waals surface area contributed by atoms with E-state index in [2.05, 4.69) is 10.6 Å². The van der Waals surface area contributed by atoms with Gasteiger partial charge in [-0.3, -0.25) is 10.1 Å². The average Bonchev–Trinajstić information content (AvgIpc) is 2.45. The van der Waals surface area contributed by atoms with Crippen molar-refractivity contribution in [2.24, 2.45) is 0 Å². The maximum Gasteiger partial charge on any atom is 0.262 e. The molecule has 1 aliphatic heterocycles. The van der Waals surface area contributed by atoms with Gasteiger partial charge in [0.25, 0.3) is 5.92 Å². The molecule has 0 bridgehead atoms. The summed E-state index contributed by atoms with van der Waals surface area (Å²) in [7, 11) is 3.77. The summed E-state index contributed by atoms with van der Waals surface area (Å²) in [5.41, 5.74) is 0. The zero-order valence-corrected chi connectivity index (χ0v) is 10.2. The molecular formula is C9H18ClF2N3O. The largest absolute Gasteiger partial charge is 0.353 e. The number of carbonyl (C=O) groups excluding carboxylic acids is 1. The first-order chi connectivity index (χ1) is 6.91. The molecule has 0 aromatic rings. The predicted octanol–water partition coefficient (Wildman–Crippen LogP) is 0.0832. The van der Waals surface area contributed by atoms with Gasteiger partial charge in [-0.15, -0.1) is 12.4 Å². The number of alkyl halides is 2. The van der Waals surface area contributed by atoms with Crippen molar-refractivity contribution in [2.45, 2.75) is 18.4 Å². The fraction of sp³-hybridized carbons (Fsp3) is 0.889. The van der Waals surface area contributed by atoms with Crippen LogP contribution >= 0.6 is 12.4 Å². The van der Waals surface area contributed by atoms with Crippen LogP contribution in [0.4, 0.5) is 8.78 Å². The Balaban J connectivity index is 0.00000225. The maximum absolute atomic E-state index is 12.8. The molecule has 0 radical (unpaired) electrons. The van der Waals surface area contributed by atoms with E-state index in [4.69, 9.17) is 0 Å². The molecule has 0 aromatic carbocycles. The Morgan fingerprint density at radius 1 is 1.56 bits per heavy atom. The molecule has 0 aromatic heterocycles. The normalized spacial score (nSPS) is 22.9. The number of carbonyl (C=O) groups is 1. The lowest BCUT2D eigenvalue weighted by Crippen LogP contribution is -2.42. The van der Waals surface area contributed by atoms with E-state index in [1.807, 2.05) is 19.0 Å². The molecule has 96 valence electrons. The Bertz CT molecular complexity index is 239. The third-order valence-electron chi connectivity index (χ3n) is 2.28. The summed E-state index contributed by atoms with van der Waals surface area (Å²) in [5.74, 6) is -3.09. The van der Waals surface area contributed by atoms with Gasteiger partial charge in [0.15, 0.2) is 0 Å². The van der Waals surface area contributed by atoms with Crippen LogP contribution in [0.2, 0.25) is 0 Å². The Morgan fingerprint density at radius 2 is 2.19 bits per heavy atom. The number of amides is 1. The monoisotopic (exact) mass is 257 g/mol. The van der Waals surface area contributed by atoms with Crippen molar-refractivity contribution < 1.29 is 13.6 Å². The van der Waals surface area contributed by atoms with Gasteiger partial charge in [0, 0.05) is 19.5 Å². The third kappa shape index (κ3) is 5.05. The highest BCUT2D eigenvalue weighted by Gasteiger charge is 2.42. The van der Waals surface area contributed by atoms with Crippen molar-refractivity contribution in [3.63, 3.8) is 0 Å². The molecule has 1 fully saturated rings. The van der Waals surface area contributed by atoms with Crippen LogP contribution in [0.3, 0.4) is 0 Å². The molecule has 1 atom stereocenters. The summed E-state index contributed by atoms with van der Waals surface area (Å²) in [6, 6.07) is -0.748. The van der Waals surface area contributed by atoms with Crippen LogP contribution in [0.5, 0.6) is 0 Å². The lowest BCUT2D eigenvalue weighted by atomic mass is 10.2. The lowest BCUT2D eigenvalue weighted by molar-refractivity contribution is -0.123. The van der Waals surface area contributed by atoms with Gasteiger partial charge in [0.2, 0.25) is 5.91 Å². The van der Waals surface area contributed by atoms with Crippen LogP contribution in [0.1, 0.15) is 6.42 Å². The smallest absolute Gasteiger partial charge is 0.262 e. The molecule has 16 heavy (non-hydrogen) atoms. The first-order valence-corrected chi connectivity index (χ1v) is 4.94. The molecule has 1 saturated heterocycles. The van der Waals surface area contributed by atoms with Crippen LogP contribution in [-0.2, 0) is 4.79 Å². The summed E-state index contributed by atoms with van der Waals surface area (Å²) < 4.78 is 25.5. The fourth-order valence-corrected chi connectivity index (χ4v) is 1.43. The SMILES string of the molecule is CN(C)CCNC(=O)C1CC(F)(F)CN1.Cl.